The average Bonchev–Trinajstić information content (AvgIpc) is 2.74. The number of rotatable bonds is 3. The maximum atomic E-state index is 12.1. The van der Waals surface area contributed by atoms with Crippen LogP contribution in [0.5, 0.6) is 0 Å². The lowest BCUT2D eigenvalue weighted by molar-refractivity contribution is 0.102. The molecule has 2 rings (SSSR count). The number of amides is 1. The molecule has 0 spiro atoms. The van der Waals surface area contributed by atoms with E-state index in [4.69, 9.17) is 5.73 Å². The number of halogens is 1. The fraction of sp³-hybridized carbons (Fsp3) is 0.250. The highest BCUT2D eigenvalue weighted by atomic mass is 79.9. The molecule has 0 saturated carbocycles. The number of anilines is 2. The molecule has 100 valence electrons. The number of hydrogen-bond donors (Lipinski definition) is 3. The quantitative estimate of drug-likeness (QED) is 0.755. The van der Waals surface area contributed by atoms with E-state index in [-0.39, 0.29) is 11.6 Å². The fourth-order valence-electron chi connectivity index (χ4n) is 1.67. The SMILES string of the molecule is CCc1[nH]nc(C(=O)Nc2ccc(Br)nc2C)c1N. The molecule has 2 aromatic rings. The molecule has 4 N–H and O–H groups in total. The van der Waals surface area contributed by atoms with Gasteiger partial charge in [-0.3, -0.25) is 9.89 Å². The minimum Gasteiger partial charge on any atom is -0.395 e. The Hall–Kier alpha value is -1.89. The molecular weight excluding hydrogens is 310 g/mol. The van der Waals surface area contributed by atoms with Gasteiger partial charge in [-0.1, -0.05) is 6.92 Å². The van der Waals surface area contributed by atoms with Gasteiger partial charge in [0.15, 0.2) is 5.69 Å². The van der Waals surface area contributed by atoms with Gasteiger partial charge in [0, 0.05) is 0 Å². The van der Waals surface area contributed by atoms with Crippen molar-refractivity contribution >= 4 is 33.2 Å². The molecule has 19 heavy (non-hydrogen) atoms. The molecule has 2 aromatic heterocycles. The van der Waals surface area contributed by atoms with E-state index in [1.165, 1.54) is 0 Å². The Kier molecular flexibility index (Phi) is 3.84. The number of hydrogen-bond acceptors (Lipinski definition) is 4. The van der Waals surface area contributed by atoms with Crippen LogP contribution in [0.15, 0.2) is 16.7 Å². The number of nitrogens with zero attached hydrogens (tertiary/aromatic N) is 2. The third-order valence-corrected chi connectivity index (χ3v) is 3.19. The Morgan fingerprint density at radius 1 is 1.53 bits per heavy atom. The van der Waals surface area contributed by atoms with Gasteiger partial charge >= 0.3 is 0 Å². The van der Waals surface area contributed by atoms with Crippen molar-refractivity contribution in [3.63, 3.8) is 0 Å². The number of nitrogen functional groups attached to an aromatic ring is 1. The molecule has 0 bridgehead atoms. The third-order valence-electron chi connectivity index (χ3n) is 2.75. The van der Waals surface area contributed by atoms with E-state index in [0.717, 1.165) is 10.3 Å². The molecule has 0 fully saturated rings. The minimum atomic E-state index is -0.347. The number of nitrogens with two attached hydrogens (primary N) is 1. The summed E-state index contributed by atoms with van der Waals surface area (Å²) in [6, 6.07) is 3.53. The van der Waals surface area contributed by atoms with Crippen molar-refractivity contribution in [2.24, 2.45) is 0 Å². The van der Waals surface area contributed by atoms with Crippen LogP contribution in [-0.4, -0.2) is 21.1 Å². The van der Waals surface area contributed by atoms with Gasteiger partial charge in [0.2, 0.25) is 0 Å². The van der Waals surface area contributed by atoms with Crippen LogP contribution in [0.4, 0.5) is 11.4 Å². The minimum absolute atomic E-state index is 0.208. The average molecular weight is 324 g/mol. The van der Waals surface area contributed by atoms with Gasteiger partial charge in [-0.25, -0.2) is 4.98 Å². The summed E-state index contributed by atoms with van der Waals surface area (Å²) in [6.07, 6.45) is 0.699. The lowest BCUT2D eigenvalue weighted by Crippen LogP contribution is -2.15. The van der Waals surface area contributed by atoms with E-state index >= 15 is 0 Å². The summed E-state index contributed by atoms with van der Waals surface area (Å²) in [5.41, 5.74) is 8.56. The normalized spacial score (nSPS) is 10.5. The number of aryl methyl sites for hydroxylation is 2. The Morgan fingerprint density at radius 3 is 2.84 bits per heavy atom. The largest absolute Gasteiger partial charge is 0.395 e. The van der Waals surface area contributed by atoms with Crippen molar-refractivity contribution in [2.75, 3.05) is 11.1 Å². The topological polar surface area (TPSA) is 96.7 Å². The third kappa shape index (κ3) is 2.76. The molecule has 0 unspecified atom stereocenters. The Morgan fingerprint density at radius 2 is 2.26 bits per heavy atom. The first kappa shape index (κ1) is 13.5. The molecule has 6 nitrogen and oxygen atoms in total. The first-order chi connectivity index (χ1) is 9.02. The van der Waals surface area contributed by atoms with Crippen LogP contribution in [0.25, 0.3) is 0 Å². The molecule has 7 heteroatoms. The van der Waals surface area contributed by atoms with E-state index in [2.05, 4.69) is 36.4 Å². The summed E-state index contributed by atoms with van der Waals surface area (Å²) >= 11 is 3.27. The lowest BCUT2D eigenvalue weighted by Gasteiger charge is -2.07. The van der Waals surface area contributed by atoms with Crippen molar-refractivity contribution < 1.29 is 4.79 Å². The van der Waals surface area contributed by atoms with Gasteiger partial charge in [0.25, 0.3) is 5.91 Å². The standard InChI is InChI=1S/C12H14BrN5O/c1-3-7-10(14)11(18-17-7)12(19)16-8-4-5-9(13)15-6(8)2/h4-5H,3,14H2,1-2H3,(H,16,19)(H,17,18). The Labute approximate surface area is 118 Å². The molecule has 0 saturated heterocycles. The zero-order valence-corrected chi connectivity index (χ0v) is 12.2. The summed E-state index contributed by atoms with van der Waals surface area (Å²) in [5, 5.41) is 9.44. The zero-order chi connectivity index (χ0) is 14.0. The number of pyridine rings is 1. The molecule has 1 amide bonds. The first-order valence-corrected chi connectivity index (χ1v) is 6.59. The van der Waals surface area contributed by atoms with Crippen molar-refractivity contribution in [2.45, 2.75) is 20.3 Å². The van der Waals surface area contributed by atoms with E-state index in [9.17, 15) is 4.79 Å². The maximum Gasteiger partial charge on any atom is 0.278 e. The van der Waals surface area contributed by atoms with Crippen molar-refractivity contribution in [3.05, 3.63) is 33.8 Å². The molecule has 0 aliphatic carbocycles. The summed E-state index contributed by atoms with van der Waals surface area (Å²) in [5.74, 6) is -0.347. The smallest absolute Gasteiger partial charge is 0.278 e. The summed E-state index contributed by atoms with van der Waals surface area (Å²) in [6.45, 7) is 3.75. The van der Waals surface area contributed by atoms with Gasteiger partial charge in [-0.2, -0.15) is 5.10 Å². The van der Waals surface area contributed by atoms with E-state index < -0.39 is 0 Å². The predicted octanol–water partition coefficient (Wildman–Crippen LogP) is 2.27. The van der Waals surface area contributed by atoms with E-state index in [1.807, 2.05) is 13.8 Å². The van der Waals surface area contributed by atoms with Crippen LogP contribution in [0.2, 0.25) is 0 Å². The van der Waals surface area contributed by atoms with Crippen molar-refractivity contribution in [1.82, 2.24) is 15.2 Å². The number of aromatic amines is 1. The number of carbonyl (C=O) groups is 1. The maximum absolute atomic E-state index is 12.1. The number of aromatic nitrogens is 3. The van der Waals surface area contributed by atoms with Gasteiger partial charge in [-0.15, -0.1) is 0 Å². The second-order valence-corrected chi connectivity index (χ2v) is 4.85. The highest BCUT2D eigenvalue weighted by Crippen LogP contribution is 2.19. The summed E-state index contributed by atoms with van der Waals surface area (Å²) < 4.78 is 0.718. The van der Waals surface area contributed by atoms with Gasteiger partial charge in [-0.05, 0) is 41.4 Å². The van der Waals surface area contributed by atoms with Crippen LogP contribution in [0.1, 0.15) is 28.8 Å². The Bertz CT molecular complexity index is 623. The number of nitrogens with one attached hydrogen (secondary N) is 2. The van der Waals surface area contributed by atoms with Crippen LogP contribution in [0, 0.1) is 6.92 Å². The van der Waals surface area contributed by atoms with Gasteiger partial charge in [0.05, 0.1) is 22.8 Å². The van der Waals surface area contributed by atoms with Gasteiger partial charge in [0.1, 0.15) is 4.60 Å². The zero-order valence-electron chi connectivity index (χ0n) is 10.6. The highest BCUT2D eigenvalue weighted by Gasteiger charge is 2.17. The van der Waals surface area contributed by atoms with Crippen LogP contribution in [-0.2, 0) is 6.42 Å². The first-order valence-electron chi connectivity index (χ1n) is 5.80. The van der Waals surface area contributed by atoms with Crippen LogP contribution in [0.3, 0.4) is 0 Å². The molecule has 0 aromatic carbocycles. The predicted molar refractivity (Wildman–Crippen MR) is 77.0 cm³/mol. The van der Waals surface area contributed by atoms with Crippen molar-refractivity contribution in [1.29, 1.82) is 0 Å². The molecular formula is C12H14BrN5O. The second kappa shape index (κ2) is 5.40. The molecule has 0 aliphatic rings. The lowest BCUT2D eigenvalue weighted by atomic mass is 10.2. The van der Waals surface area contributed by atoms with Crippen molar-refractivity contribution in [3.8, 4) is 0 Å². The fourth-order valence-corrected chi connectivity index (χ4v) is 2.07. The van der Waals surface area contributed by atoms with E-state index in [0.29, 0.717) is 23.5 Å². The van der Waals surface area contributed by atoms with E-state index in [1.54, 1.807) is 12.1 Å². The second-order valence-electron chi connectivity index (χ2n) is 4.04. The summed E-state index contributed by atoms with van der Waals surface area (Å²) in [4.78, 5) is 16.3. The van der Waals surface area contributed by atoms with Gasteiger partial charge < -0.3 is 11.1 Å². The molecule has 0 aliphatic heterocycles. The Balaban J connectivity index is 2.23. The number of H-pyrrole nitrogens is 1. The number of carbonyl (C=O) groups excluding carboxylic acids is 1. The molecule has 0 atom stereocenters. The van der Waals surface area contributed by atoms with Crippen LogP contribution >= 0.6 is 15.9 Å². The van der Waals surface area contributed by atoms with Crippen LogP contribution < -0.4 is 11.1 Å². The molecule has 0 radical (unpaired) electrons. The molecule has 2 heterocycles. The highest BCUT2D eigenvalue weighted by molar-refractivity contribution is 9.10. The summed E-state index contributed by atoms with van der Waals surface area (Å²) in [7, 11) is 0. The monoisotopic (exact) mass is 323 g/mol.